The molecular weight excluding hydrogens is 1250 g/mol. The van der Waals surface area contributed by atoms with Crippen LogP contribution in [0, 0.1) is 23.7 Å². The molecule has 0 saturated heterocycles. The summed E-state index contributed by atoms with van der Waals surface area (Å²) in [5.41, 5.74) is 7.70. The Kier molecular flexibility index (Phi) is 37.8. The van der Waals surface area contributed by atoms with Gasteiger partial charge in [0.15, 0.2) is 0 Å². The van der Waals surface area contributed by atoms with Gasteiger partial charge in [-0.1, -0.05) is 175 Å². The SMILES string of the molecule is CCCCCCCCCCCC(CC(=O)OCc1ccccc1)OC(=O)[C@@H](NC(=O)[C@@H](CC(C)C)NC(=O)[C@H](CC(=O)OC(C)(C)C)NC(=O)[C@@H](NC(=O)[C@@H](C)NC(=O)[C@H](CC(C)C)NC(=O)[C@@H](N)CCC(=O)NC(c1ccc(OC)cc1)c1ccc(OC)cc1)C(C)C)[C@@H](C)CC. The van der Waals surface area contributed by atoms with Crippen molar-refractivity contribution in [2.24, 2.45) is 29.4 Å². The maximum absolute atomic E-state index is 14.6. The van der Waals surface area contributed by atoms with Crippen LogP contribution in [0.25, 0.3) is 0 Å². The van der Waals surface area contributed by atoms with Crippen molar-refractivity contribution in [2.45, 2.75) is 266 Å². The van der Waals surface area contributed by atoms with E-state index in [1.807, 2.05) is 89.2 Å². The van der Waals surface area contributed by atoms with Crippen LogP contribution < -0.4 is 52.4 Å². The molecule has 1 unspecified atom stereocenters. The van der Waals surface area contributed by atoms with Crippen LogP contribution in [0.15, 0.2) is 78.9 Å². The molecule has 546 valence electrons. The van der Waals surface area contributed by atoms with E-state index in [9.17, 15) is 47.9 Å². The highest BCUT2D eigenvalue weighted by molar-refractivity contribution is 5.98. The Morgan fingerprint density at radius 1 is 0.500 bits per heavy atom. The lowest BCUT2D eigenvalue weighted by atomic mass is 9.97. The van der Waals surface area contributed by atoms with E-state index < -0.39 is 132 Å². The molecule has 3 rings (SSSR count). The van der Waals surface area contributed by atoms with Crippen LogP contribution in [0.1, 0.15) is 222 Å². The van der Waals surface area contributed by atoms with E-state index in [1.165, 1.54) is 32.6 Å². The van der Waals surface area contributed by atoms with Gasteiger partial charge < -0.3 is 66.6 Å². The average Bonchev–Trinajstić information content (AvgIpc) is 0.856. The van der Waals surface area contributed by atoms with E-state index in [0.717, 1.165) is 42.4 Å². The summed E-state index contributed by atoms with van der Waals surface area (Å²) in [6, 6.07) is 13.9. The fourth-order valence-corrected chi connectivity index (χ4v) is 10.8. The maximum atomic E-state index is 14.6. The van der Waals surface area contributed by atoms with E-state index in [-0.39, 0.29) is 56.5 Å². The third-order valence-corrected chi connectivity index (χ3v) is 16.6. The number of amides is 7. The second-order valence-electron chi connectivity index (χ2n) is 27.8. The first-order valence-electron chi connectivity index (χ1n) is 35.2. The Hall–Kier alpha value is -8.08. The predicted octanol–water partition coefficient (Wildman–Crippen LogP) is 9.44. The quantitative estimate of drug-likeness (QED) is 0.0148. The predicted molar refractivity (Wildman–Crippen MR) is 377 cm³/mol. The maximum Gasteiger partial charge on any atom is 0.329 e. The van der Waals surface area contributed by atoms with Crippen LogP contribution >= 0.6 is 0 Å². The van der Waals surface area contributed by atoms with Crippen LogP contribution in [-0.4, -0.2) is 127 Å². The van der Waals surface area contributed by atoms with E-state index in [2.05, 4.69) is 44.1 Å². The number of hydrogen-bond donors (Lipinski definition) is 8. The summed E-state index contributed by atoms with van der Waals surface area (Å²) in [6.07, 6.45) is 8.63. The van der Waals surface area contributed by atoms with Crippen LogP contribution in [0.2, 0.25) is 0 Å². The zero-order valence-electron chi connectivity index (χ0n) is 60.9. The number of methoxy groups -OCH3 is 2. The van der Waals surface area contributed by atoms with Crippen LogP contribution in [-0.2, 0) is 68.8 Å². The molecule has 0 fully saturated rings. The first kappa shape index (κ1) is 84.1. The number of unbranched alkanes of at least 4 members (excludes halogenated alkanes) is 8. The summed E-state index contributed by atoms with van der Waals surface area (Å²) in [4.78, 5) is 140. The normalized spacial score (nSPS) is 14.2. The molecule has 98 heavy (non-hydrogen) atoms. The molecule has 23 heteroatoms. The molecule has 0 bridgehead atoms. The summed E-state index contributed by atoms with van der Waals surface area (Å²) >= 11 is 0. The number of rotatable bonds is 45. The summed E-state index contributed by atoms with van der Waals surface area (Å²) in [5, 5.41) is 19.2. The molecule has 7 amide bonds. The third kappa shape index (κ3) is 32.1. The Balaban J connectivity index is 1.78. The third-order valence-electron chi connectivity index (χ3n) is 16.6. The number of ether oxygens (including phenoxy) is 5. The molecule has 0 spiro atoms. The highest BCUT2D eigenvalue weighted by Crippen LogP contribution is 2.27. The van der Waals surface area contributed by atoms with Crippen molar-refractivity contribution >= 4 is 59.3 Å². The van der Waals surface area contributed by atoms with Gasteiger partial charge in [0.2, 0.25) is 41.4 Å². The van der Waals surface area contributed by atoms with Gasteiger partial charge in [-0.05, 0) is 124 Å². The van der Waals surface area contributed by atoms with Crippen molar-refractivity contribution in [3.63, 3.8) is 0 Å². The molecule has 0 aliphatic carbocycles. The van der Waals surface area contributed by atoms with Gasteiger partial charge in [0.1, 0.15) is 66.1 Å². The minimum absolute atomic E-state index is 0.0442. The highest BCUT2D eigenvalue weighted by Gasteiger charge is 2.38. The topological polar surface area (TPSA) is 327 Å². The number of hydrogen-bond acceptors (Lipinski definition) is 16. The second-order valence-corrected chi connectivity index (χ2v) is 27.8. The first-order chi connectivity index (χ1) is 46.4. The standard InChI is InChI=1S/C75H116N8O15/c1-16-18-19-20-21-22-23-24-28-31-57(44-63(85)96-46-52-29-26-25-27-30-52)97-74(93)66(50(9)17-2)83-72(91)60(43-48(5)6)79-71(90)61(45-64(86)98-75(11,12)13)80-73(92)65(49(7)8)82-68(87)51(10)77-70(89)59(42-47(3)4)78-69(88)58(76)40-41-62(84)81-67(53-32-36-55(94-14)37-33-53)54-34-38-56(95-15)39-35-54/h25-27,29-30,32-39,47-51,57-61,65-67H,16-24,28,31,40-46,76H2,1-15H3,(H,77,89)(H,78,88)(H,79,90)(H,80,92)(H,81,84)(H,82,87)(H,83,91)/t50-,51+,57?,58-,59-,60+,61-,65-,66-/m0/s1. The lowest BCUT2D eigenvalue weighted by Crippen LogP contribution is -2.61. The Labute approximate surface area is 582 Å². The van der Waals surface area contributed by atoms with Gasteiger partial charge in [-0.25, -0.2) is 4.79 Å². The van der Waals surface area contributed by atoms with E-state index in [4.69, 9.17) is 29.4 Å². The second kappa shape index (κ2) is 44.0. The molecule has 0 aliphatic rings. The monoisotopic (exact) mass is 1370 g/mol. The van der Waals surface area contributed by atoms with Gasteiger partial charge >= 0.3 is 17.9 Å². The van der Waals surface area contributed by atoms with Crippen molar-refractivity contribution < 1.29 is 71.6 Å². The van der Waals surface area contributed by atoms with Crippen LogP contribution in [0.3, 0.4) is 0 Å². The van der Waals surface area contributed by atoms with Crippen molar-refractivity contribution in [1.82, 2.24) is 37.2 Å². The number of carbonyl (C=O) groups is 10. The van der Waals surface area contributed by atoms with E-state index >= 15 is 0 Å². The number of carbonyl (C=O) groups excluding carboxylic acids is 10. The Morgan fingerprint density at radius 2 is 0.990 bits per heavy atom. The number of benzene rings is 3. The molecule has 9 N–H and O–H groups in total. The van der Waals surface area contributed by atoms with Gasteiger partial charge in [-0.15, -0.1) is 0 Å². The molecule has 0 heterocycles. The van der Waals surface area contributed by atoms with E-state index in [0.29, 0.717) is 30.8 Å². The van der Waals surface area contributed by atoms with Gasteiger partial charge in [-0.3, -0.25) is 43.2 Å². The Bertz CT molecular complexity index is 2910. The number of nitrogens with two attached hydrogens (primary N) is 1. The zero-order valence-corrected chi connectivity index (χ0v) is 60.9. The minimum atomic E-state index is -1.66. The van der Waals surface area contributed by atoms with Crippen molar-refractivity contribution in [3.05, 3.63) is 95.6 Å². The average molecular weight is 1370 g/mol. The number of esters is 3. The minimum Gasteiger partial charge on any atom is -0.497 e. The van der Waals surface area contributed by atoms with Crippen molar-refractivity contribution in [2.75, 3.05) is 14.2 Å². The molecule has 3 aromatic rings. The van der Waals surface area contributed by atoms with Crippen molar-refractivity contribution in [1.29, 1.82) is 0 Å². The van der Waals surface area contributed by atoms with Gasteiger partial charge in [0.25, 0.3) is 0 Å². The fourth-order valence-electron chi connectivity index (χ4n) is 10.8. The molecule has 0 radical (unpaired) electrons. The van der Waals surface area contributed by atoms with Crippen LogP contribution in [0.5, 0.6) is 11.5 Å². The lowest BCUT2D eigenvalue weighted by molar-refractivity contribution is -0.160. The lowest BCUT2D eigenvalue weighted by Gasteiger charge is -2.30. The molecule has 9 atom stereocenters. The summed E-state index contributed by atoms with van der Waals surface area (Å²) < 4.78 is 27.9. The molecule has 0 aromatic heterocycles. The Morgan fingerprint density at radius 3 is 1.49 bits per heavy atom. The highest BCUT2D eigenvalue weighted by atomic mass is 16.6. The smallest absolute Gasteiger partial charge is 0.329 e. The molecule has 0 saturated carbocycles. The molecule has 0 aliphatic heterocycles. The molecule has 23 nitrogen and oxygen atoms in total. The van der Waals surface area contributed by atoms with Crippen LogP contribution in [0.4, 0.5) is 0 Å². The van der Waals surface area contributed by atoms with Gasteiger partial charge in [-0.2, -0.15) is 0 Å². The summed E-state index contributed by atoms with van der Waals surface area (Å²) in [6.45, 7) is 22.7. The molecular formula is C75H116N8O15. The first-order valence-corrected chi connectivity index (χ1v) is 35.2. The van der Waals surface area contributed by atoms with Gasteiger partial charge in [0.05, 0.1) is 39.1 Å². The zero-order chi connectivity index (χ0) is 73.1. The van der Waals surface area contributed by atoms with E-state index in [1.54, 1.807) is 80.0 Å². The van der Waals surface area contributed by atoms with Crippen molar-refractivity contribution in [3.8, 4) is 11.5 Å². The largest absolute Gasteiger partial charge is 0.497 e. The van der Waals surface area contributed by atoms with Gasteiger partial charge in [0, 0.05) is 6.42 Å². The summed E-state index contributed by atoms with van der Waals surface area (Å²) in [5.74, 6) is -7.52. The fraction of sp³-hybridized carbons (Fsp3) is 0.627. The molecule has 3 aromatic carbocycles. The number of nitrogens with one attached hydrogen (secondary N) is 7. The summed E-state index contributed by atoms with van der Waals surface area (Å²) in [7, 11) is 3.11.